The summed E-state index contributed by atoms with van der Waals surface area (Å²) in [4.78, 5) is 4.35. The first-order chi connectivity index (χ1) is 18.9. The third kappa shape index (κ3) is 6.44. The lowest BCUT2D eigenvalue weighted by molar-refractivity contribution is 0.339. The normalized spacial score (nSPS) is 11.7. The molecule has 0 bridgehead atoms. The summed E-state index contributed by atoms with van der Waals surface area (Å²) in [6.07, 6.45) is 2.93. The van der Waals surface area contributed by atoms with Gasteiger partial charge in [0.25, 0.3) is 0 Å². The molecule has 0 saturated carbocycles. The molecule has 0 aliphatic carbocycles. The molecule has 0 spiro atoms. The van der Waals surface area contributed by atoms with E-state index >= 15 is 0 Å². The maximum absolute atomic E-state index is 12.7. The Kier molecular flexibility index (Phi) is 8.95. The lowest BCUT2D eigenvalue weighted by Gasteiger charge is -2.18. The molecule has 0 fully saturated rings. The van der Waals surface area contributed by atoms with Gasteiger partial charge in [0.15, 0.2) is 0 Å². The molecular formula is C28H32N6O4S. The number of benzene rings is 2. The number of rotatable bonds is 12. The van der Waals surface area contributed by atoms with Crippen LogP contribution < -0.4 is 14.9 Å². The van der Waals surface area contributed by atoms with Crippen molar-refractivity contribution in [1.29, 1.82) is 0 Å². The van der Waals surface area contributed by atoms with Gasteiger partial charge in [-0.05, 0) is 62.4 Å². The Balaban J connectivity index is 1.59. The number of hydrogen-bond acceptors (Lipinski definition) is 8. The fourth-order valence-corrected chi connectivity index (χ4v) is 5.27. The van der Waals surface area contributed by atoms with Gasteiger partial charge in [0, 0.05) is 19.3 Å². The molecule has 1 N–H and O–H groups in total. The van der Waals surface area contributed by atoms with Gasteiger partial charge in [-0.25, -0.2) is 13.4 Å². The van der Waals surface area contributed by atoms with E-state index in [0.29, 0.717) is 48.4 Å². The van der Waals surface area contributed by atoms with Gasteiger partial charge in [-0.3, -0.25) is 5.43 Å². The van der Waals surface area contributed by atoms with Crippen molar-refractivity contribution in [1.82, 2.24) is 19.1 Å². The van der Waals surface area contributed by atoms with Crippen molar-refractivity contribution in [2.24, 2.45) is 5.10 Å². The van der Waals surface area contributed by atoms with Gasteiger partial charge >= 0.3 is 0 Å². The molecule has 39 heavy (non-hydrogen) atoms. The van der Waals surface area contributed by atoms with Crippen LogP contribution in [0.5, 0.6) is 17.4 Å². The van der Waals surface area contributed by atoms with Gasteiger partial charge in [-0.2, -0.15) is 19.2 Å². The summed E-state index contributed by atoms with van der Waals surface area (Å²) >= 11 is 0. The van der Waals surface area contributed by atoms with Crippen LogP contribution in [0, 0.1) is 6.92 Å². The van der Waals surface area contributed by atoms with E-state index in [1.54, 1.807) is 30.8 Å². The summed E-state index contributed by atoms with van der Waals surface area (Å²) in [5, 5.41) is 9.01. The Hall–Kier alpha value is -4.22. The molecule has 204 valence electrons. The summed E-state index contributed by atoms with van der Waals surface area (Å²) in [6.45, 7) is 8.77. The summed E-state index contributed by atoms with van der Waals surface area (Å²) in [7, 11) is -3.58. The van der Waals surface area contributed by atoms with Gasteiger partial charge < -0.3 is 9.47 Å². The Morgan fingerprint density at radius 3 is 2.28 bits per heavy atom. The standard InChI is InChI=1S/C28H32N6O4S/c1-5-33(6-2)39(35,36)25-17-18-27(29-19-25)31-30-20-26-21(4)32-34(22-11-9-8-10-12-22)28(26)38-24-15-13-23(14-16-24)37-7-3/h8-20H,5-7H2,1-4H3,(H,29,31)/b30-20+. The van der Waals surface area contributed by atoms with E-state index < -0.39 is 10.0 Å². The van der Waals surface area contributed by atoms with Crippen LogP contribution in [-0.4, -0.2) is 53.4 Å². The van der Waals surface area contributed by atoms with Crippen LogP contribution in [0.1, 0.15) is 32.0 Å². The van der Waals surface area contributed by atoms with Crippen molar-refractivity contribution in [3.05, 3.63) is 84.2 Å². The minimum Gasteiger partial charge on any atom is -0.494 e. The largest absolute Gasteiger partial charge is 0.494 e. The van der Waals surface area contributed by atoms with Gasteiger partial charge in [0.2, 0.25) is 15.9 Å². The number of nitrogens with zero attached hydrogens (tertiary/aromatic N) is 5. The smallest absolute Gasteiger partial charge is 0.244 e. The molecule has 0 saturated heterocycles. The highest BCUT2D eigenvalue weighted by Gasteiger charge is 2.22. The molecule has 4 aromatic rings. The average Bonchev–Trinajstić information content (AvgIpc) is 3.26. The Labute approximate surface area is 229 Å². The zero-order chi connectivity index (χ0) is 27.8. The van der Waals surface area contributed by atoms with Gasteiger partial charge in [0.05, 0.1) is 29.8 Å². The number of aromatic nitrogens is 3. The summed E-state index contributed by atoms with van der Waals surface area (Å²) in [5.41, 5.74) is 5.07. The van der Waals surface area contributed by atoms with Crippen LogP contribution in [0.15, 0.2) is 82.9 Å². The van der Waals surface area contributed by atoms with E-state index in [0.717, 1.165) is 11.4 Å². The molecule has 10 nitrogen and oxygen atoms in total. The zero-order valence-corrected chi connectivity index (χ0v) is 23.2. The highest BCUT2D eigenvalue weighted by Crippen LogP contribution is 2.30. The third-order valence-electron chi connectivity index (χ3n) is 5.86. The van der Waals surface area contributed by atoms with Crippen LogP contribution in [-0.2, 0) is 10.0 Å². The minimum absolute atomic E-state index is 0.131. The predicted molar refractivity (Wildman–Crippen MR) is 152 cm³/mol. The van der Waals surface area contributed by atoms with Crippen molar-refractivity contribution in [3.8, 4) is 23.1 Å². The summed E-state index contributed by atoms with van der Waals surface area (Å²) in [6, 6.07) is 20.1. The van der Waals surface area contributed by atoms with E-state index in [-0.39, 0.29) is 4.90 Å². The molecule has 0 atom stereocenters. The maximum Gasteiger partial charge on any atom is 0.244 e. The molecular weight excluding hydrogens is 516 g/mol. The Morgan fingerprint density at radius 2 is 1.67 bits per heavy atom. The number of hydrogen-bond donors (Lipinski definition) is 1. The minimum atomic E-state index is -3.58. The van der Waals surface area contributed by atoms with Crippen molar-refractivity contribution in [3.63, 3.8) is 0 Å². The highest BCUT2D eigenvalue weighted by molar-refractivity contribution is 7.89. The number of nitrogens with one attached hydrogen (secondary N) is 1. The number of hydrazone groups is 1. The van der Waals surface area contributed by atoms with Crippen LogP contribution in [0.25, 0.3) is 5.69 Å². The molecule has 2 aromatic carbocycles. The topological polar surface area (TPSA) is 111 Å². The molecule has 11 heteroatoms. The number of sulfonamides is 1. The van der Waals surface area contributed by atoms with Crippen molar-refractivity contribution in [2.45, 2.75) is 32.6 Å². The first-order valence-electron chi connectivity index (χ1n) is 12.7. The number of aryl methyl sites for hydroxylation is 1. The SMILES string of the molecule is CCOc1ccc(Oc2c(/C=N/Nc3ccc(S(=O)(=O)N(CC)CC)cn3)c(C)nn2-c2ccccc2)cc1. The Bertz CT molecular complexity index is 1500. The number of pyridine rings is 1. The van der Waals surface area contributed by atoms with Crippen LogP contribution in [0.4, 0.5) is 5.82 Å². The summed E-state index contributed by atoms with van der Waals surface area (Å²) < 4.78 is 40.3. The molecule has 0 aliphatic rings. The fourth-order valence-electron chi connectivity index (χ4n) is 3.87. The first kappa shape index (κ1) is 27.8. The monoisotopic (exact) mass is 548 g/mol. The summed E-state index contributed by atoms with van der Waals surface area (Å²) in [5.74, 6) is 2.26. The maximum atomic E-state index is 12.7. The first-order valence-corrected chi connectivity index (χ1v) is 14.1. The lowest BCUT2D eigenvalue weighted by atomic mass is 10.2. The van der Waals surface area contributed by atoms with Gasteiger partial charge in [-0.1, -0.05) is 32.0 Å². The van der Waals surface area contributed by atoms with E-state index in [4.69, 9.17) is 9.47 Å². The Morgan fingerprint density at radius 1 is 0.974 bits per heavy atom. The number of ether oxygens (including phenoxy) is 2. The molecule has 0 aliphatic heterocycles. The highest BCUT2D eigenvalue weighted by atomic mass is 32.2. The lowest BCUT2D eigenvalue weighted by Crippen LogP contribution is -2.30. The molecule has 2 aromatic heterocycles. The molecule has 4 rings (SSSR count). The number of para-hydroxylation sites is 1. The zero-order valence-electron chi connectivity index (χ0n) is 22.4. The second kappa shape index (κ2) is 12.5. The second-order valence-electron chi connectivity index (χ2n) is 8.40. The third-order valence-corrected chi connectivity index (χ3v) is 7.90. The van der Waals surface area contributed by atoms with E-state index in [9.17, 15) is 8.42 Å². The molecule has 0 unspecified atom stereocenters. The molecule has 2 heterocycles. The fraction of sp³-hybridized carbons (Fsp3) is 0.250. The molecule has 0 radical (unpaired) electrons. The molecule has 0 amide bonds. The van der Waals surface area contributed by atoms with Crippen molar-refractivity contribution >= 4 is 22.1 Å². The second-order valence-corrected chi connectivity index (χ2v) is 10.3. The van der Waals surface area contributed by atoms with E-state index in [1.807, 2.05) is 68.4 Å². The van der Waals surface area contributed by atoms with Gasteiger partial charge in [-0.15, -0.1) is 0 Å². The van der Waals surface area contributed by atoms with Crippen LogP contribution in [0.2, 0.25) is 0 Å². The van der Waals surface area contributed by atoms with E-state index in [2.05, 4.69) is 20.6 Å². The quantitative estimate of drug-likeness (QED) is 0.190. The number of anilines is 1. The van der Waals surface area contributed by atoms with Crippen molar-refractivity contribution in [2.75, 3.05) is 25.1 Å². The average molecular weight is 549 g/mol. The predicted octanol–water partition coefficient (Wildman–Crippen LogP) is 5.24. The van der Waals surface area contributed by atoms with Crippen LogP contribution in [0.3, 0.4) is 0 Å². The van der Waals surface area contributed by atoms with Crippen LogP contribution >= 0.6 is 0 Å². The van der Waals surface area contributed by atoms with Gasteiger partial charge in [0.1, 0.15) is 22.2 Å². The van der Waals surface area contributed by atoms with Crippen molar-refractivity contribution < 1.29 is 17.9 Å². The van der Waals surface area contributed by atoms with E-state index in [1.165, 1.54) is 16.6 Å².